The molecule has 88 valence electrons. The maximum Gasteiger partial charge on any atom is 0.239 e. The molecule has 0 bridgehead atoms. The highest BCUT2D eigenvalue weighted by Gasteiger charge is 2.13. The zero-order valence-electron chi connectivity index (χ0n) is 8.96. The van der Waals surface area contributed by atoms with Crippen LogP contribution in [-0.4, -0.2) is 26.5 Å². The summed E-state index contributed by atoms with van der Waals surface area (Å²) in [6.45, 7) is 1.98. The van der Waals surface area contributed by atoms with E-state index in [4.69, 9.17) is 5.14 Å². The van der Waals surface area contributed by atoms with Gasteiger partial charge in [-0.3, -0.25) is 0 Å². The van der Waals surface area contributed by atoms with Gasteiger partial charge in [0.15, 0.2) is 0 Å². The van der Waals surface area contributed by atoms with Crippen LogP contribution in [0.4, 0.5) is 5.82 Å². The van der Waals surface area contributed by atoms with E-state index in [-0.39, 0.29) is 4.90 Å². The van der Waals surface area contributed by atoms with Gasteiger partial charge < -0.3 is 4.90 Å². The first-order valence-electron chi connectivity index (χ1n) is 5.31. The largest absolute Gasteiger partial charge is 0.357 e. The summed E-state index contributed by atoms with van der Waals surface area (Å²) in [5.74, 6) is 0.826. The van der Waals surface area contributed by atoms with Gasteiger partial charge in [-0.25, -0.2) is 18.5 Å². The molecule has 0 atom stereocenters. The van der Waals surface area contributed by atoms with Crippen molar-refractivity contribution in [2.24, 2.45) is 5.14 Å². The van der Waals surface area contributed by atoms with Crippen LogP contribution in [0.2, 0.25) is 0 Å². The van der Waals surface area contributed by atoms with Crippen molar-refractivity contribution in [2.75, 3.05) is 18.0 Å². The van der Waals surface area contributed by atoms with Gasteiger partial charge in [0, 0.05) is 19.3 Å². The molecule has 0 radical (unpaired) electrons. The van der Waals surface area contributed by atoms with Gasteiger partial charge in [0.25, 0.3) is 0 Å². The highest BCUT2D eigenvalue weighted by atomic mass is 32.2. The Morgan fingerprint density at radius 3 is 2.38 bits per heavy atom. The molecule has 1 aliphatic rings. The van der Waals surface area contributed by atoms with E-state index in [0.717, 1.165) is 18.9 Å². The summed E-state index contributed by atoms with van der Waals surface area (Å²) in [4.78, 5) is 6.36. The summed E-state index contributed by atoms with van der Waals surface area (Å²) in [5, 5.41) is 5.00. The second kappa shape index (κ2) is 4.39. The van der Waals surface area contributed by atoms with Crippen LogP contribution < -0.4 is 10.0 Å². The molecule has 1 aliphatic heterocycles. The summed E-state index contributed by atoms with van der Waals surface area (Å²) in [6.07, 6.45) is 4.91. The van der Waals surface area contributed by atoms with Gasteiger partial charge in [0.1, 0.15) is 10.7 Å². The molecule has 0 saturated carbocycles. The molecule has 0 aliphatic carbocycles. The number of piperidine rings is 1. The number of aromatic nitrogens is 1. The molecule has 2 heterocycles. The molecule has 6 heteroatoms. The number of nitrogens with two attached hydrogens (primary N) is 1. The number of hydrogen-bond acceptors (Lipinski definition) is 4. The van der Waals surface area contributed by atoms with Crippen LogP contribution in [-0.2, 0) is 10.0 Å². The summed E-state index contributed by atoms with van der Waals surface area (Å²) < 4.78 is 22.1. The van der Waals surface area contributed by atoms with Crippen LogP contribution in [0.1, 0.15) is 19.3 Å². The molecule has 16 heavy (non-hydrogen) atoms. The molecule has 1 aromatic rings. The minimum Gasteiger partial charge on any atom is -0.357 e. The van der Waals surface area contributed by atoms with Crippen molar-refractivity contribution in [1.82, 2.24) is 4.98 Å². The Bertz CT molecular complexity index is 449. The Hall–Kier alpha value is -1.14. The quantitative estimate of drug-likeness (QED) is 0.827. The van der Waals surface area contributed by atoms with Gasteiger partial charge in [-0.1, -0.05) is 0 Å². The number of sulfonamides is 1. The van der Waals surface area contributed by atoms with Crippen molar-refractivity contribution >= 4 is 15.8 Å². The van der Waals surface area contributed by atoms with Gasteiger partial charge in [0.2, 0.25) is 10.0 Å². The molecule has 5 nitrogen and oxygen atoms in total. The van der Waals surface area contributed by atoms with Crippen LogP contribution in [0.5, 0.6) is 0 Å². The molecule has 0 amide bonds. The van der Waals surface area contributed by atoms with Gasteiger partial charge in [0.05, 0.1) is 0 Å². The molecule has 2 rings (SSSR count). The molecule has 1 saturated heterocycles. The minimum absolute atomic E-state index is 0.0632. The first-order valence-corrected chi connectivity index (χ1v) is 6.86. The Morgan fingerprint density at radius 2 is 1.88 bits per heavy atom. The highest BCUT2D eigenvalue weighted by Crippen LogP contribution is 2.18. The van der Waals surface area contributed by atoms with Crippen molar-refractivity contribution in [2.45, 2.75) is 24.2 Å². The zero-order valence-corrected chi connectivity index (χ0v) is 9.78. The first-order chi connectivity index (χ1) is 7.57. The minimum atomic E-state index is -3.63. The fourth-order valence-corrected chi connectivity index (χ4v) is 2.31. The van der Waals surface area contributed by atoms with Gasteiger partial charge in [-0.15, -0.1) is 0 Å². The molecular weight excluding hydrogens is 226 g/mol. The van der Waals surface area contributed by atoms with Crippen molar-refractivity contribution in [3.8, 4) is 0 Å². The average molecular weight is 241 g/mol. The summed E-state index contributed by atoms with van der Waals surface area (Å²) in [7, 11) is -3.63. The summed E-state index contributed by atoms with van der Waals surface area (Å²) >= 11 is 0. The number of pyridine rings is 1. The Labute approximate surface area is 95.3 Å². The normalized spacial score (nSPS) is 17.4. The third kappa shape index (κ3) is 2.51. The molecule has 0 aromatic carbocycles. The predicted molar refractivity (Wildman–Crippen MR) is 61.7 cm³/mol. The number of nitrogens with zero attached hydrogens (tertiary/aromatic N) is 2. The van der Waals surface area contributed by atoms with Crippen molar-refractivity contribution in [3.05, 3.63) is 18.3 Å². The molecule has 0 spiro atoms. The maximum absolute atomic E-state index is 11.0. The lowest BCUT2D eigenvalue weighted by Crippen LogP contribution is -2.30. The average Bonchev–Trinajstić information content (AvgIpc) is 2.29. The molecular formula is C10H15N3O2S. The highest BCUT2D eigenvalue weighted by molar-refractivity contribution is 7.89. The number of primary sulfonamides is 1. The van der Waals surface area contributed by atoms with E-state index in [9.17, 15) is 8.42 Å². The van der Waals surface area contributed by atoms with Gasteiger partial charge in [-0.05, 0) is 31.4 Å². The van der Waals surface area contributed by atoms with Crippen molar-refractivity contribution in [1.29, 1.82) is 0 Å². The third-order valence-electron chi connectivity index (χ3n) is 2.73. The van der Waals surface area contributed by atoms with E-state index in [1.54, 1.807) is 6.07 Å². The van der Waals surface area contributed by atoms with E-state index < -0.39 is 10.0 Å². The molecule has 1 fully saturated rings. The van der Waals surface area contributed by atoms with Crippen LogP contribution >= 0.6 is 0 Å². The predicted octanol–water partition coefficient (Wildman–Crippen LogP) is 0.719. The van der Waals surface area contributed by atoms with E-state index in [1.807, 2.05) is 0 Å². The Balaban J connectivity index is 2.18. The van der Waals surface area contributed by atoms with Gasteiger partial charge in [-0.2, -0.15) is 0 Å². The van der Waals surface area contributed by atoms with Crippen molar-refractivity contribution in [3.63, 3.8) is 0 Å². The monoisotopic (exact) mass is 241 g/mol. The fourth-order valence-electron chi connectivity index (χ4n) is 1.85. The topological polar surface area (TPSA) is 76.3 Å². The van der Waals surface area contributed by atoms with E-state index in [2.05, 4.69) is 9.88 Å². The SMILES string of the molecule is NS(=O)(=O)c1ccc(N2CCCCC2)nc1. The van der Waals surface area contributed by atoms with Crippen LogP contribution in [0.25, 0.3) is 0 Å². The molecule has 1 aromatic heterocycles. The molecule has 2 N–H and O–H groups in total. The Morgan fingerprint density at radius 1 is 1.19 bits per heavy atom. The summed E-state index contributed by atoms with van der Waals surface area (Å²) in [6, 6.07) is 3.22. The second-order valence-corrected chi connectivity index (χ2v) is 5.51. The van der Waals surface area contributed by atoms with Crippen LogP contribution in [0.15, 0.2) is 23.2 Å². The van der Waals surface area contributed by atoms with Crippen LogP contribution in [0, 0.1) is 0 Å². The zero-order chi connectivity index (χ0) is 11.6. The number of hydrogen-bond donors (Lipinski definition) is 1. The summed E-state index contributed by atoms with van der Waals surface area (Å²) in [5.41, 5.74) is 0. The smallest absolute Gasteiger partial charge is 0.239 e. The number of anilines is 1. The van der Waals surface area contributed by atoms with Gasteiger partial charge >= 0.3 is 0 Å². The standard InChI is InChI=1S/C10H15N3O2S/c11-16(14,15)9-4-5-10(12-8-9)13-6-2-1-3-7-13/h4-5,8H,1-3,6-7H2,(H2,11,14,15). The Kier molecular flexibility index (Phi) is 3.11. The lowest BCUT2D eigenvalue weighted by atomic mass is 10.1. The van der Waals surface area contributed by atoms with E-state index in [1.165, 1.54) is 31.5 Å². The van der Waals surface area contributed by atoms with E-state index >= 15 is 0 Å². The number of rotatable bonds is 2. The molecule has 0 unspecified atom stereocenters. The van der Waals surface area contributed by atoms with Crippen LogP contribution in [0.3, 0.4) is 0 Å². The van der Waals surface area contributed by atoms with Crippen molar-refractivity contribution < 1.29 is 8.42 Å². The lowest BCUT2D eigenvalue weighted by Gasteiger charge is -2.27. The second-order valence-electron chi connectivity index (χ2n) is 3.94. The third-order valence-corrected chi connectivity index (χ3v) is 3.63. The fraction of sp³-hybridized carbons (Fsp3) is 0.500. The lowest BCUT2D eigenvalue weighted by molar-refractivity contribution is 0.573. The maximum atomic E-state index is 11.0. The van der Waals surface area contributed by atoms with E-state index in [0.29, 0.717) is 0 Å². The first kappa shape index (κ1) is 11.3.